The molecule has 0 aliphatic rings. The minimum Gasteiger partial charge on any atom is -0.327 e. The zero-order valence-corrected chi connectivity index (χ0v) is 12.3. The van der Waals surface area contributed by atoms with Crippen molar-refractivity contribution < 1.29 is 0 Å². The van der Waals surface area contributed by atoms with Crippen LogP contribution in [0.4, 0.5) is 0 Å². The first kappa shape index (κ1) is 13.9. The van der Waals surface area contributed by atoms with E-state index < -0.39 is 0 Å². The fourth-order valence-electron chi connectivity index (χ4n) is 2.17. The molecule has 1 aromatic carbocycles. The minimum atomic E-state index is 0.150. The number of halogens is 1. The third-order valence-electron chi connectivity index (χ3n) is 2.91. The van der Waals surface area contributed by atoms with Gasteiger partial charge in [0.25, 0.3) is 0 Å². The predicted octanol–water partition coefficient (Wildman–Crippen LogP) is 3.74. The van der Waals surface area contributed by atoms with Gasteiger partial charge in [-0.25, -0.2) is 4.98 Å². The lowest BCUT2D eigenvalue weighted by Crippen LogP contribution is -2.17. The Bertz CT molecular complexity index is 629. The second-order valence-corrected chi connectivity index (χ2v) is 6.31. The molecule has 4 heteroatoms. The highest BCUT2D eigenvalue weighted by Gasteiger charge is 2.17. The van der Waals surface area contributed by atoms with E-state index in [1.54, 1.807) is 6.07 Å². The van der Waals surface area contributed by atoms with Crippen LogP contribution in [0.1, 0.15) is 32.2 Å². The molecule has 0 saturated heterocycles. The van der Waals surface area contributed by atoms with Gasteiger partial charge in [-0.1, -0.05) is 20.8 Å². The summed E-state index contributed by atoms with van der Waals surface area (Å²) >= 11 is 5.86. The minimum absolute atomic E-state index is 0.150. The average molecular weight is 276 g/mol. The van der Waals surface area contributed by atoms with Crippen LogP contribution < -0.4 is 0 Å². The highest BCUT2D eigenvalue weighted by atomic mass is 35.5. The fraction of sp³-hybridized carbons (Fsp3) is 0.467. The second-order valence-electron chi connectivity index (χ2n) is 5.93. The van der Waals surface area contributed by atoms with Gasteiger partial charge in [0, 0.05) is 18.8 Å². The summed E-state index contributed by atoms with van der Waals surface area (Å²) in [5, 5.41) is 9.03. The molecule has 100 valence electrons. The number of aromatic nitrogens is 2. The lowest BCUT2D eigenvalue weighted by atomic mass is 9.96. The summed E-state index contributed by atoms with van der Waals surface area (Å²) in [5.41, 5.74) is 2.77. The Labute approximate surface area is 118 Å². The van der Waals surface area contributed by atoms with Gasteiger partial charge in [-0.15, -0.1) is 11.6 Å². The molecule has 0 saturated carbocycles. The molecule has 1 aromatic heterocycles. The van der Waals surface area contributed by atoms with Crippen LogP contribution in [0.25, 0.3) is 11.0 Å². The molecule has 0 spiro atoms. The van der Waals surface area contributed by atoms with Crippen LogP contribution in [0.5, 0.6) is 0 Å². The van der Waals surface area contributed by atoms with Gasteiger partial charge in [0.05, 0.1) is 22.7 Å². The number of hydrogen-bond acceptors (Lipinski definition) is 2. The van der Waals surface area contributed by atoms with Crippen molar-refractivity contribution >= 4 is 22.6 Å². The number of alkyl halides is 1. The quantitative estimate of drug-likeness (QED) is 0.801. The highest BCUT2D eigenvalue weighted by molar-refractivity contribution is 6.17. The molecule has 0 unspecified atom stereocenters. The van der Waals surface area contributed by atoms with Crippen molar-refractivity contribution in [1.29, 1.82) is 5.26 Å². The van der Waals surface area contributed by atoms with E-state index in [0.29, 0.717) is 11.4 Å². The normalized spacial score (nSPS) is 11.7. The largest absolute Gasteiger partial charge is 0.327 e. The maximum Gasteiger partial charge on any atom is 0.111 e. The van der Waals surface area contributed by atoms with E-state index in [1.807, 2.05) is 12.1 Å². The number of benzene rings is 1. The van der Waals surface area contributed by atoms with Crippen LogP contribution in [0, 0.1) is 16.7 Å². The number of aryl methyl sites for hydroxylation is 1. The van der Waals surface area contributed by atoms with E-state index in [-0.39, 0.29) is 5.41 Å². The lowest BCUT2D eigenvalue weighted by Gasteiger charge is -2.21. The molecule has 3 nitrogen and oxygen atoms in total. The second kappa shape index (κ2) is 5.22. The summed E-state index contributed by atoms with van der Waals surface area (Å²) in [7, 11) is 0. The predicted molar refractivity (Wildman–Crippen MR) is 78.3 cm³/mol. The van der Waals surface area contributed by atoms with Crippen LogP contribution in [-0.2, 0) is 13.0 Å². The van der Waals surface area contributed by atoms with Crippen LogP contribution in [0.15, 0.2) is 18.2 Å². The summed E-state index contributed by atoms with van der Waals surface area (Å²) in [6.07, 6.45) is 0.744. The van der Waals surface area contributed by atoms with Gasteiger partial charge >= 0.3 is 0 Å². The number of fused-ring (bicyclic) bond motifs is 1. The van der Waals surface area contributed by atoms with Gasteiger partial charge in [-0.05, 0) is 23.6 Å². The first-order valence-corrected chi connectivity index (χ1v) is 6.93. The average Bonchev–Trinajstić information content (AvgIpc) is 2.65. The molecule has 0 radical (unpaired) electrons. The van der Waals surface area contributed by atoms with Crippen molar-refractivity contribution in [3.63, 3.8) is 0 Å². The van der Waals surface area contributed by atoms with Crippen molar-refractivity contribution in [2.45, 2.75) is 33.7 Å². The van der Waals surface area contributed by atoms with E-state index in [4.69, 9.17) is 16.9 Å². The number of hydrogen-bond donors (Lipinski definition) is 0. The third kappa shape index (κ3) is 3.08. The Morgan fingerprint density at radius 2 is 2.11 bits per heavy atom. The number of nitrogens with zero attached hydrogens (tertiary/aromatic N) is 3. The molecule has 1 heterocycles. The van der Waals surface area contributed by atoms with Gasteiger partial charge in [-0.3, -0.25) is 0 Å². The Morgan fingerprint density at radius 3 is 2.68 bits per heavy atom. The fourth-order valence-corrected chi connectivity index (χ4v) is 2.34. The Hall–Kier alpha value is -1.53. The van der Waals surface area contributed by atoms with E-state index in [9.17, 15) is 0 Å². The molecule has 2 rings (SSSR count). The van der Waals surface area contributed by atoms with Gasteiger partial charge in [0.1, 0.15) is 5.82 Å². The maximum atomic E-state index is 9.03. The summed E-state index contributed by atoms with van der Waals surface area (Å²) < 4.78 is 2.19. The molecule has 0 fully saturated rings. The van der Waals surface area contributed by atoms with Crippen molar-refractivity contribution in [3.8, 4) is 6.07 Å². The summed E-state index contributed by atoms with van der Waals surface area (Å²) in [4.78, 5) is 4.63. The van der Waals surface area contributed by atoms with Gasteiger partial charge in [-0.2, -0.15) is 5.26 Å². The third-order valence-corrected chi connectivity index (χ3v) is 3.10. The molecular weight excluding hydrogens is 258 g/mol. The molecule has 0 aliphatic heterocycles. The molecule has 0 atom stereocenters. The molecule has 0 amide bonds. The van der Waals surface area contributed by atoms with Gasteiger partial charge in [0.15, 0.2) is 0 Å². The molecular formula is C15H18ClN3. The lowest BCUT2D eigenvalue weighted by molar-refractivity contribution is 0.343. The zero-order chi connectivity index (χ0) is 14.0. The molecule has 2 aromatic rings. The first-order chi connectivity index (χ1) is 8.94. The van der Waals surface area contributed by atoms with Crippen molar-refractivity contribution in [2.75, 3.05) is 5.88 Å². The molecule has 0 N–H and O–H groups in total. The van der Waals surface area contributed by atoms with Crippen LogP contribution >= 0.6 is 11.6 Å². The van der Waals surface area contributed by atoms with Crippen LogP contribution in [0.3, 0.4) is 0 Å². The van der Waals surface area contributed by atoms with E-state index in [1.165, 1.54) is 0 Å². The number of rotatable bonds is 3. The van der Waals surface area contributed by atoms with Gasteiger partial charge in [0.2, 0.25) is 0 Å². The van der Waals surface area contributed by atoms with E-state index >= 15 is 0 Å². The zero-order valence-electron chi connectivity index (χ0n) is 11.6. The van der Waals surface area contributed by atoms with Crippen molar-refractivity contribution in [2.24, 2.45) is 5.41 Å². The monoisotopic (exact) mass is 275 g/mol. The first-order valence-electron chi connectivity index (χ1n) is 6.40. The molecule has 0 aliphatic carbocycles. The van der Waals surface area contributed by atoms with Crippen molar-refractivity contribution in [1.82, 2.24) is 9.55 Å². The van der Waals surface area contributed by atoms with E-state index in [2.05, 4.69) is 36.4 Å². The molecule has 0 bridgehead atoms. The Balaban J connectivity index is 2.60. The summed E-state index contributed by atoms with van der Waals surface area (Å²) in [6, 6.07) is 7.81. The summed E-state index contributed by atoms with van der Waals surface area (Å²) in [5.74, 6) is 1.55. The van der Waals surface area contributed by atoms with Crippen LogP contribution in [0.2, 0.25) is 0 Å². The highest BCUT2D eigenvalue weighted by Crippen LogP contribution is 2.24. The topological polar surface area (TPSA) is 41.6 Å². The Morgan fingerprint density at radius 1 is 1.37 bits per heavy atom. The van der Waals surface area contributed by atoms with Crippen molar-refractivity contribution in [3.05, 3.63) is 29.6 Å². The molecule has 19 heavy (non-hydrogen) atoms. The van der Waals surface area contributed by atoms with Crippen LogP contribution in [-0.4, -0.2) is 15.4 Å². The van der Waals surface area contributed by atoms with Gasteiger partial charge < -0.3 is 4.57 Å². The number of imidazole rings is 1. The smallest absolute Gasteiger partial charge is 0.111 e. The Kier molecular flexibility index (Phi) is 3.82. The van der Waals surface area contributed by atoms with E-state index in [0.717, 1.165) is 29.8 Å². The number of nitriles is 1. The SMILES string of the molecule is CC(C)(C)Cn1c(CCCl)nc2ccc(C#N)cc21. The standard InChI is InChI=1S/C15H18ClN3/c1-15(2,3)10-19-13-8-11(9-17)4-5-12(13)18-14(19)6-7-16/h4-5,8H,6-7,10H2,1-3H3. The summed E-state index contributed by atoms with van der Waals surface area (Å²) in [6.45, 7) is 7.44. The maximum absolute atomic E-state index is 9.03.